The van der Waals surface area contributed by atoms with Crippen LogP contribution in [-0.4, -0.2) is 35.9 Å². The maximum Gasteiger partial charge on any atom is 0.125 e. The smallest absolute Gasteiger partial charge is 0.125 e. The molecule has 5 unspecified atom stereocenters. The lowest BCUT2D eigenvalue weighted by Crippen LogP contribution is -2.60. The van der Waals surface area contributed by atoms with Gasteiger partial charge in [-0.2, -0.15) is 0 Å². The van der Waals surface area contributed by atoms with Gasteiger partial charge in [0, 0.05) is 35.1 Å². The van der Waals surface area contributed by atoms with Crippen molar-refractivity contribution < 1.29 is 9.53 Å². The number of hydrogen-bond acceptors (Lipinski definition) is 3. The molecule has 3 saturated heterocycles. The number of carbonyl (C=O) groups excluding carboxylic acids is 1. The van der Waals surface area contributed by atoms with Gasteiger partial charge < -0.3 is 14.5 Å². The van der Waals surface area contributed by atoms with Crippen LogP contribution >= 0.6 is 0 Å². The van der Waals surface area contributed by atoms with Crippen molar-refractivity contribution >= 4 is 17.2 Å². The Bertz CT molecular complexity index is 866. The van der Waals surface area contributed by atoms with Crippen molar-refractivity contribution in [2.24, 2.45) is 11.8 Å². The molecule has 1 aromatic heterocycles. The molecule has 0 saturated carbocycles. The second kappa shape index (κ2) is 4.96. The third-order valence-corrected chi connectivity index (χ3v) is 6.47. The standard InChI is InChI=1S/C20H22N2O2/c1-3-11-9-22-18-8-15-14-6-12(24-2)4-5-17(14)21-20(15)19(22)7-13(11)16(18)10-23/h3-6,10,13,16,18-19,21H,7-9H2,1-2H3. The Morgan fingerprint density at radius 2 is 2.25 bits per heavy atom. The molecular formula is C20H22N2O2. The molecule has 4 aliphatic heterocycles. The minimum atomic E-state index is 0.130. The second-order valence-corrected chi connectivity index (χ2v) is 7.31. The first-order valence-corrected chi connectivity index (χ1v) is 8.79. The lowest BCUT2D eigenvalue weighted by Gasteiger charge is -2.57. The summed E-state index contributed by atoms with van der Waals surface area (Å²) < 4.78 is 5.41. The van der Waals surface area contributed by atoms with Crippen LogP contribution in [0.25, 0.3) is 10.9 Å². The maximum atomic E-state index is 11.8. The van der Waals surface area contributed by atoms with E-state index in [1.165, 1.54) is 34.0 Å². The molecule has 0 spiro atoms. The van der Waals surface area contributed by atoms with Crippen molar-refractivity contribution in [3.05, 3.63) is 41.1 Å². The van der Waals surface area contributed by atoms with Crippen LogP contribution in [-0.2, 0) is 11.2 Å². The highest BCUT2D eigenvalue weighted by atomic mass is 16.5. The zero-order valence-corrected chi connectivity index (χ0v) is 14.1. The molecule has 5 heterocycles. The average Bonchev–Trinajstić information content (AvgIpc) is 2.99. The summed E-state index contributed by atoms with van der Waals surface area (Å²) in [7, 11) is 1.71. The fourth-order valence-corrected chi connectivity index (χ4v) is 5.32. The Morgan fingerprint density at radius 1 is 1.38 bits per heavy atom. The zero-order chi connectivity index (χ0) is 16.4. The van der Waals surface area contributed by atoms with Crippen LogP contribution in [0.3, 0.4) is 0 Å². The van der Waals surface area contributed by atoms with Gasteiger partial charge in [-0.15, -0.1) is 0 Å². The van der Waals surface area contributed by atoms with Gasteiger partial charge in [-0.1, -0.05) is 11.6 Å². The van der Waals surface area contributed by atoms with Crippen molar-refractivity contribution in [3.63, 3.8) is 0 Å². The third-order valence-electron chi connectivity index (χ3n) is 6.47. The normalized spacial score (nSPS) is 35.2. The minimum absolute atomic E-state index is 0.130. The van der Waals surface area contributed by atoms with Gasteiger partial charge in [0.1, 0.15) is 12.0 Å². The number of allylic oxidation sites excluding steroid dienone is 1. The minimum Gasteiger partial charge on any atom is -0.497 e. The molecule has 6 rings (SSSR count). The van der Waals surface area contributed by atoms with E-state index < -0.39 is 0 Å². The monoisotopic (exact) mass is 322 g/mol. The van der Waals surface area contributed by atoms with Crippen LogP contribution in [0, 0.1) is 11.8 Å². The number of fused-ring (bicyclic) bond motifs is 4. The maximum absolute atomic E-state index is 11.8. The number of rotatable bonds is 2. The van der Waals surface area contributed by atoms with Crippen molar-refractivity contribution in [3.8, 4) is 5.75 Å². The number of nitrogens with zero attached hydrogens (tertiary/aromatic N) is 1. The number of ether oxygens (including phenoxy) is 1. The Labute approximate surface area is 141 Å². The van der Waals surface area contributed by atoms with Gasteiger partial charge in [0.05, 0.1) is 13.2 Å². The lowest BCUT2D eigenvalue weighted by atomic mass is 9.64. The van der Waals surface area contributed by atoms with Gasteiger partial charge in [-0.05, 0) is 49.4 Å². The van der Waals surface area contributed by atoms with Gasteiger partial charge in [-0.25, -0.2) is 0 Å². The van der Waals surface area contributed by atoms with E-state index in [0.717, 1.165) is 25.1 Å². The average molecular weight is 322 g/mol. The second-order valence-electron chi connectivity index (χ2n) is 7.31. The van der Waals surface area contributed by atoms with Crippen molar-refractivity contribution in [2.45, 2.75) is 31.8 Å². The van der Waals surface area contributed by atoms with Crippen LogP contribution in [0.2, 0.25) is 0 Å². The van der Waals surface area contributed by atoms with Crippen molar-refractivity contribution in [1.82, 2.24) is 9.88 Å². The molecule has 4 aliphatic rings. The molecule has 1 aromatic carbocycles. The van der Waals surface area contributed by atoms with Crippen molar-refractivity contribution in [2.75, 3.05) is 13.7 Å². The number of benzene rings is 1. The quantitative estimate of drug-likeness (QED) is 0.682. The van der Waals surface area contributed by atoms with Gasteiger partial charge in [0.2, 0.25) is 0 Å². The van der Waals surface area contributed by atoms with E-state index in [0.29, 0.717) is 18.0 Å². The predicted octanol–water partition coefficient (Wildman–Crippen LogP) is 3.24. The molecule has 5 atom stereocenters. The van der Waals surface area contributed by atoms with Gasteiger partial charge in [-0.3, -0.25) is 4.90 Å². The third kappa shape index (κ3) is 1.69. The summed E-state index contributed by atoms with van der Waals surface area (Å²) in [6, 6.07) is 7.01. The number of aldehydes is 1. The first kappa shape index (κ1) is 14.3. The summed E-state index contributed by atoms with van der Waals surface area (Å²) in [5, 5.41) is 1.26. The number of hydrogen-bond donors (Lipinski definition) is 1. The van der Waals surface area contributed by atoms with E-state index in [4.69, 9.17) is 4.74 Å². The molecule has 4 heteroatoms. The van der Waals surface area contributed by atoms with E-state index in [-0.39, 0.29) is 5.92 Å². The summed E-state index contributed by atoms with van der Waals surface area (Å²) in [5.41, 5.74) is 5.38. The molecule has 3 fully saturated rings. The topological polar surface area (TPSA) is 45.3 Å². The van der Waals surface area contributed by atoms with E-state index >= 15 is 0 Å². The molecule has 0 amide bonds. The van der Waals surface area contributed by atoms with Gasteiger partial charge in [0.15, 0.2) is 0 Å². The zero-order valence-electron chi connectivity index (χ0n) is 14.1. The summed E-state index contributed by atoms with van der Waals surface area (Å²) in [6.45, 7) is 3.12. The molecule has 24 heavy (non-hydrogen) atoms. The number of nitrogens with one attached hydrogen (secondary N) is 1. The number of piperidine rings is 3. The predicted molar refractivity (Wildman–Crippen MR) is 93.2 cm³/mol. The molecule has 1 N–H and O–H groups in total. The van der Waals surface area contributed by atoms with Crippen molar-refractivity contribution in [1.29, 1.82) is 0 Å². The molecule has 0 radical (unpaired) electrons. The van der Waals surface area contributed by atoms with Crippen LogP contribution in [0.1, 0.15) is 30.6 Å². The molecule has 4 nitrogen and oxygen atoms in total. The van der Waals surface area contributed by atoms with Crippen LogP contribution in [0.4, 0.5) is 0 Å². The highest BCUT2D eigenvalue weighted by Crippen LogP contribution is 2.53. The summed E-state index contributed by atoms with van der Waals surface area (Å²) >= 11 is 0. The number of methoxy groups -OCH3 is 1. The highest BCUT2D eigenvalue weighted by molar-refractivity contribution is 5.87. The first-order valence-electron chi connectivity index (χ1n) is 8.79. The summed E-state index contributed by atoms with van der Waals surface area (Å²) in [4.78, 5) is 18.1. The Balaban J connectivity index is 1.67. The van der Waals surface area contributed by atoms with Crippen LogP contribution < -0.4 is 4.74 Å². The Morgan fingerprint density at radius 3 is 3.00 bits per heavy atom. The molecular weight excluding hydrogens is 300 g/mol. The SMILES string of the molecule is CC=C1CN2C3CC1C(C=O)C2Cc1c3[nH]c2ccc(OC)cc12. The fourth-order valence-electron chi connectivity index (χ4n) is 5.32. The molecule has 124 valence electrons. The largest absolute Gasteiger partial charge is 0.497 e. The number of aromatic amines is 1. The molecule has 4 bridgehead atoms. The van der Waals surface area contributed by atoms with Gasteiger partial charge >= 0.3 is 0 Å². The summed E-state index contributed by atoms with van der Waals surface area (Å²) in [6.07, 6.45) is 5.44. The Kier molecular flexibility index (Phi) is 2.95. The lowest BCUT2D eigenvalue weighted by molar-refractivity contribution is -0.121. The van der Waals surface area contributed by atoms with E-state index in [1.54, 1.807) is 7.11 Å². The fraction of sp³-hybridized carbons (Fsp3) is 0.450. The van der Waals surface area contributed by atoms with E-state index in [2.05, 4.69) is 35.0 Å². The van der Waals surface area contributed by atoms with E-state index in [1.807, 2.05) is 6.07 Å². The van der Waals surface area contributed by atoms with E-state index in [9.17, 15) is 4.79 Å². The molecule has 0 aliphatic carbocycles. The number of H-pyrrole nitrogens is 1. The van der Waals surface area contributed by atoms with Gasteiger partial charge in [0.25, 0.3) is 0 Å². The Hall–Kier alpha value is -2.07. The summed E-state index contributed by atoms with van der Waals surface area (Å²) in [5.74, 6) is 1.44. The first-order chi connectivity index (χ1) is 11.7. The van der Waals surface area contributed by atoms with Crippen LogP contribution in [0.15, 0.2) is 29.8 Å². The number of carbonyl (C=O) groups is 1. The molecule has 2 aromatic rings. The van der Waals surface area contributed by atoms with Crippen LogP contribution in [0.5, 0.6) is 5.75 Å². The highest BCUT2D eigenvalue weighted by Gasteiger charge is 2.52. The number of aromatic nitrogens is 1.